The topological polar surface area (TPSA) is 68.3 Å². The maximum absolute atomic E-state index is 11.4. The van der Waals surface area contributed by atoms with E-state index in [9.17, 15) is 4.79 Å². The molecule has 1 amide bonds. The van der Waals surface area contributed by atoms with Gasteiger partial charge in [-0.15, -0.1) is 0 Å². The number of amides is 1. The summed E-state index contributed by atoms with van der Waals surface area (Å²) < 4.78 is 5.11. The zero-order chi connectivity index (χ0) is 11.8. The van der Waals surface area contributed by atoms with E-state index in [1.54, 1.807) is 24.1 Å². The average molecular weight is 242 g/mol. The molecule has 0 spiro atoms. The molecule has 4 nitrogen and oxygen atoms in total. The van der Waals surface area contributed by atoms with Crippen molar-refractivity contribution in [3.8, 4) is 0 Å². The number of hydrogen-bond donors (Lipinski definition) is 2. The third kappa shape index (κ3) is 5.23. The van der Waals surface area contributed by atoms with Crippen LogP contribution in [0.4, 0.5) is 0 Å². The number of carbonyl (C=O) groups is 1. The molecule has 1 unspecified atom stereocenters. The van der Waals surface area contributed by atoms with E-state index < -0.39 is 0 Å². The second-order valence-corrected chi connectivity index (χ2v) is 4.74. The van der Waals surface area contributed by atoms with Gasteiger partial charge in [-0.25, -0.2) is 0 Å². The molecular weight excluding hydrogens is 224 g/mol. The van der Waals surface area contributed by atoms with Crippen molar-refractivity contribution in [1.82, 2.24) is 5.32 Å². The lowest BCUT2D eigenvalue weighted by atomic mass is 10.2. The van der Waals surface area contributed by atoms with E-state index in [1.165, 1.54) is 0 Å². The Balaban J connectivity index is 2.07. The van der Waals surface area contributed by atoms with Crippen LogP contribution in [-0.2, 0) is 11.3 Å². The molecule has 1 atom stereocenters. The zero-order valence-electron chi connectivity index (χ0n) is 9.44. The van der Waals surface area contributed by atoms with Crippen LogP contribution < -0.4 is 11.1 Å². The zero-order valence-corrected chi connectivity index (χ0v) is 10.3. The van der Waals surface area contributed by atoms with Crippen LogP contribution in [0.2, 0.25) is 0 Å². The first kappa shape index (κ1) is 13.1. The molecule has 16 heavy (non-hydrogen) atoms. The summed E-state index contributed by atoms with van der Waals surface area (Å²) in [5, 5.41) is 2.79. The minimum atomic E-state index is 0.0330. The number of nitrogens with two attached hydrogens (primary N) is 1. The minimum Gasteiger partial charge on any atom is -0.467 e. The van der Waals surface area contributed by atoms with E-state index in [1.807, 2.05) is 6.07 Å². The Kier molecular flexibility index (Phi) is 6.03. The van der Waals surface area contributed by atoms with Crippen molar-refractivity contribution in [2.75, 3.05) is 18.1 Å². The number of rotatable bonds is 7. The fourth-order valence-electron chi connectivity index (χ4n) is 1.07. The molecule has 1 heterocycles. The highest BCUT2D eigenvalue weighted by Crippen LogP contribution is 2.06. The van der Waals surface area contributed by atoms with Crippen LogP contribution in [0.25, 0.3) is 0 Å². The Morgan fingerprint density at radius 2 is 2.50 bits per heavy atom. The maximum Gasteiger partial charge on any atom is 0.230 e. The van der Waals surface area contributed by atoms with E-state index in [0.29, 0.717) is 24.8 Å². The van der Waals surface area contributed by atoms with Crippen molar-refractivity contribution < 1.29 is 9.21 Å². The Morgan fingerprint density at radius 3 is 3.12 bits per heavy atom. The van der Waals surface area contributed by atoms with E-state index in [0.717, 1.165) is 11.5 Å². The van der Waals surface area contributed by atoms with Crippen molar-refractivity contribution >= 4 is 17.7 Å². The van der Waals surface area contributed by atoms with E-state index in [2.05, 4.69) is 12.2 Å². The van der Waals surface area contributed by atoms with Gasteiger partial charge in [-0.1, -0.05) is 6.92 Å². The minimum absolute atomic E-state index is 0.0330. The molecule has 0 radical (unpaired) electrons. The van der Waals surface area contributed by atoms with Gasteiger partial charge < -0.3 is 15.5 Å². The van der Waals surface area contributed by atoms with E-state index in [-0.39, 0.29) is 5.91 Å². The van der Waals surface area contributed by atoms with Crippen molar-refractivity contribution in [1.29, 1.82) is 0 Å². The van der Waals surface area contributed by atoms with E-state index >= 15 is 0 Å². The van der Waals surface area contributed by atoms with Gasteiger partial charge >= 0.3 is 0 Å². The SMILES string of the molecule is CC(CN)CSCC(=O)NCc1ccco1. The van der Waals surface area contributed by atoms with Gasteiger partial charge in [0, 0.05) is 0 Å². The molecular formula is C11H18N2O2S. The van der Waals surface area contributed by atoms with Gasteiger partial charge in [-0.05, 0) is 30.3 Å². The molecule has 0 saturated carbocycles. The number of hydrogen-bond acceptors (Lipinski definition) is 4. The van der Waals surface area contributed by atoms with Crippen LogP contribution in [0.5, 0.6) is 0 Å². The predicted octanol–water partition coefficient (Wildman–Crippen LogP) is 1.22. The first-order chi connectivity index (χ1) is 7.72. The standard InChI is InChI=1S/C11H18N2O2S/c1-9(5-12)7-16-8-11(14)13-6-10-3-2-4-15-10/h2-4,9H,5-8,12H2,1H3,(H,13,14). The normalized spacial score (nSPS) is 12.4. The summed E-state index contributed by atoms with van der Waals surface area (Å²) in [6, 6.07) is 3.64. The van der Waals surface area contributed by atoms with Gasteiger partial charge in [0.05, 0.1) is 18.6 Å². The van der Waals surface area contributed by atoms with Gasteiger partial charge in [0.2, 0.25) is 5.91 Å². The van der Waals surface area contributed by atoms with Crippen LogP contribution in [0.15, 0.2) is 22.8 Å². The van der Waals surface area contributed by atoms with Crippen LogP contribution in [0.3, 0.4) is 0 Å². The van der Waals surface area contributed by atoms with Crippen LogP contribution in [-0.4, -0.2) is 24.0 Å². The maximum atomic E-state index is 11.4. The van der Waals surface area contributed by atoms with Crippen molar-refractivity contribution in [3.05, 3.63) is 24.2 Å². The molecule has 0 aliphatic carbocycles. The lowest BCUT2D eigenvalue weighted by molar-refractivity contribution is -0.118. The largest absolute Gasteiger partial charge is 0.467 e. The summed E-state index contributed by atoms with van der Waals surface area (Å²) in [6.07, 6.45) is 1.60. The lowest BCUT2D eigenvalue weighted by Gasteiger charge is -2.07. The molecule has 0 aliphatic heterocycles. The molecule has 0 bridgehead atoms. The fourth-order valence-corrected chi connectivity index (χ4v) is 2.01. The van der Waals surface area contributed by atoms with Crippen molar-refractivity contribution in [2.45, 2.75) is 13.5 Å². The third-order valence-electron chi connectivity index (χ3n) is 2.08. The summed E-state index contributed by atoms with van der Waals surface area (Å²) in [4.78, 5) is 11.4. The van der Waals surface area contributed by atoms with Crippen LogP contribution >= 0.6 is 11.8 Å². The number of carbonyl (C=O) groups excluding carboxylic acids is 1. The molecule has 1 aromatic heterocycles. The second-order valence-electron chi connectivity index (χ2n) is 3.71. The first-order valence-electron chi connectivity index (χ1n) is 5.29. The fraction of sp³-hybridized carbons (Fsp3) is 0.545. The van der Waals surface area contributed by atoms with Gasteiger partial charge in [0.15, 0.2) is 0 Å². The Labute approximate surface area is 100.0 Å². The highest BCUT2D eigenvalue weighted by Gasteiger charge is 2.04. The van der Waals surface area contributed by atoms with Crippen LogP contribution in [0, 0.1) is 5.92 Å². The Morgan fingerprint density at radius 1 is 1.69 bits per heavy atom. The lowest BCUT2D eigenvalue weighted by Crippen LogP contribution is -2.25. The monoisotopic (exact) mass is 242 g/mol. The quantitative estimate of drug-likeness (QED) is 0.754. The number of furan rings is 1. The Bertz CT molecular complexity index is 301. The molecule has 0 aliphatic rings. The van der Waals surface area contributed by atoms with Crippen molar-refractivity contribution in [2.24, 2.45) is 11.7 Å². The molecule has 1 aromatic rings. The van der Waals surface area contributed by atoms with Gasteiger partial charge in [-0.2, -0.15) is 11.8 Å². The number of thioether (sulfide) groups is 1. The summed E-state index contributed by atoms with van der Waals surface area (Å²) in [5.41, 5.74) is 5.49. The second kappa shape index (κ2) is 7.35. The van der Waals surface area contributed by atoms with Crippen molar-refractivity contribution in [3.63, 3.8) is 0 Å². The molecule has 90 valence electrons. The third-order valence-corrected chi connectivity index (χ3v) is 3.35. The summed E-state index contributed by atoms with van der Waals surface area (Å²) in [7, 11) is 0. The van der Waals surface area contributed by atoms with Gasteiger partial charge in [0.1, 0.15) is 5.76 Å². The molecule has 0 aromatic carbocycles. The highest BCUT2D eigenvalue weighted by molar-refractivity contribution is 7.99. The Hall–Kier alpha value is -0.940. The first-order valence-corrected chi connectivity index (χ1v) is 6.44. The smallest absolute Gasteiger partial charge is 0.230 e. The summed E-state index contributed by atoms with van der Waals surface area (Å²) in [6.45, 7) is 3.20. The summed E-state index contributed by atoms with van der Waals surface area (Å²) in [5.74, 6) is 2.66. The predicted molar refractivity (Wildman–Crippen MR) is 66.1 cm³/mol. The molecule has 5 heteroatoms. The molecule has 3 N–H and O–H groups in total. The molecule has 0 saturated heterocycles. The van der Waals surface area contributed by atoms with Gasteiger partial charge in [0.25, 0.3) is 0 Å². The molecule has 0 fully saturated rings. The van der Waals surface area contributed by atoms with Crippen LogP contribution in [0.1, 0.15) is 12.7 Å². The molecule has 1 rings (SSSR count). The van der Waals surface area contributed by atoms with Gasteiger partial charge in [-0.3, -0.25) is 4.79 Å². The number of nitrogens with one attached hydrogen (secondary N) is 1. The average Bonchev–Trinajstić information content (AvgIpc) is 2.79. The van der Waals surface area contributed by atoms with E-state index in [4.69, 9.17) is 10.2 Å². The highest BCUT2D eigenvalue weighted by atomic mass is 32.2. The summed E-state index contributed by atoms with van der Waals surface area (Å²) >= 11 is 1.61.